The number of ether oxygens (including phenoxy) is 1. The Morgan fingerprint density at radius 1 is 1.09 bits per heavy atom. The Balaban J connectivity index is 0.00000141. The molecule has 0 radical (unpaired) electrons. The lowest BCUT2D eigenvalue weighted by Gasteiger charge is -2.33. The Bertz CT molecular complexity index is 878. The molecule has 0 N–H and O–H groups in total. The summed E-state index contributed by atoms with van der Waals surface area (Å²) in [5.74, 6) is 1.27. The first-order valence-corrected chi connectivity index (χ1v) is 13.2. The topological polar surface area (TPSA) is 29.5 Å². The summed E-state index contributed by atoms with van der Waals surface area (Å²) in [5, 5.41) is 0. The molecule has 4 heteroatoms. The summed E-state index contributed by atoms with van der Waals surface area (Å²) in [4.78, 5) is 17.1. The molecule has 1 heterocycles. The molecule has 2 aliphatic carbocycles. The molecular weight excluding hydrogens is 414 g/mol. The third kappa shape index (κ3) is 6.04. The van der Waals surface area contributed by atoms with Crippen molar-refractivity contribution < 1.29 is 9.53 Å². The Morgan fingerprint density at radius 2 is 1.81 bits per heavy atom. The number of carbonyl (C=O) groups is 1. The molecule has 2 aromatic rings. The highest BCUT2D eigenvalue weighted by Gasteiger charge is 2.27. The number of nitrogens with zero attached hydrogens (tertiary/aromatic N) is 1. The monoisotopic (exact) mass is 453 g/mol. The number of hydrogen-bond donors (Lipinski definition) is 0. The molecule has 2 aliphatic rings. The molecule has 32 heavy (non-hydrogen) atoms. The zero-order chi connectivity index (χ0) is 22.9. The fourth-order valence-electron chi connectivity index (χ4n) is 4.76. The molecule has 1 aromatic heterocycles. The quantitative estimate of drug-likeness (QED) is 0.411. The number of methoxy groups -OCH3 is 1. The highest BCUT2D eigenvalue weighted by atomic mass is 32.1. The second-order valence-corrected chi connectivity index (χ2v) is 9.92. The molecule has 3 nitrogen and oxygen atoms in total. The smallest absolute Gasteiger partial charge is 0.350 e. The number of carbonyl (C=O) groups excluding carboxylic acids is 1. The molecule has 1 saturated carbocycles. The standard InChI is InChI=1S/C26H33NO2S.C2H6/c1-19-13-15-20(16-14-19)18-27(22-11-7-4-8-12-22)23-17-24(21-9-5-3-6-10-21)30-25(23)26(28)29-2;1-2/h4,7-9,11-12,17,19-20H,3,5-6,10,13-16,18H2,1-2H3;1-2H3. The molecule has 0 unspecified atom stereocenters. The minimum atomic E-state index is -0.226. The maximum atomic E-state index is 12.7. The zero-order valence-electron chi connectivity index (χ0n) is 20.2. The lowest BCUT2D eigenvalue weighted by molar-refractivity contribution is 0.0607. The number of hydrogen-bond acceptors (Lipinski definition) is 4. The number of thiophene rings is 1. The van der Waals surface area contributed by atoms with Gasteiger partial charge in [-0.2, -0.15) is 0 Å². The SMILES string of the molecule is CC.COC(=O)c1sc(C2=CCCCC2)cc1N(CC1CCC(C)CC1)c1ccccc1. The second-order valence-electron chi connectivity index (χ2n) is 8.86. The lowest BCUT2D eigenvalue weighted by atomic mass is 9.82. The normalized spacial score (nSPS) is 20.6. The first-order valence-electron chi connectivity index (χ1n) is 12.4. The predicted octanol–water partition coefficient (Wildman–Crippen LogP) is 8.48. The van der Waals surface area contributed by atoms with Gasteiger partial charge < -0.3 is 9.64 Å². The maximum Gasteiger partial charge on any atom is 0.350 e. The number of rotatable bonds is 6. The average Bonchev–Trinajstić information content (AvgIpc) is 3.31. The number of allylic oxidation sites excluding steroid dienone is 2. The molecule has 174 valence electrons. The minimum absolute atomic E-state index is 0.226. The second kappa shape index (κ2) is 12.2. The van der Waals surface area contributed by atoms with Crippen LogP contribution in [-0.4, -0.2) is 19.6 Å². The summed E-state index contributed by atoms with van der Waals surface area (Å²) in [6, 6.07) is 12.8. The van der Waals surface area contributed by atoms with Crippen LogP contribution in [0.25, 0.3) is 5.57 Å². The van der Waals surface area contributed by atoms with Gasteiger partial charge in [-0.15, -0.1) is 11.3 Å². The van der Waals surface area contributed by atoms with Crippen LogP contribution in [0.1, 0.15) is 86.7 Å². The van der Waals surface area contributed by atoms with Crippen LogP contribution in [0.3, 0.4) is 0 Å². The fourth-order valence-corrected chi connectivity index (χ4v) is 5.91. The van der Waals surface area contributed by atoms with Gasteiger partial charge in [0.1, 0.15) is 4.88 Å². The van der Waals surface area contributed by atoms with Gasteiger partial charge in [-0.25, -0.2) is 4.79 Å². The lowest BCUT2D eigenvalue weighted by Crippen LogP contribution is -2.28. The van der Waals surface area contributed by atoms with Crippen molar-refractivity contribution in [1.29, 1.82) is 0 Å². The van der Waals surface area contributed by atoms with Crippen LogP contribution >= 0.6 is 11.3 Å². The Morgan fingerprint density at radius 3 is 2.44 bits per heavy atom. The van der Waals surface area contributed by atoms with Crippen molar-refractivity contribution in [2.75, 3.05) is 18.6 Å². The number of esters is 1. The minimum Gasteiger partial charge on any atom is -0.465 e. The largest absolute Gasteiger partial charge is 0.465 e. The van der Waals surface area contributed by atoms with Crippen LogP contribution in [-0.2, 0) is 4.74 Å². The molecule has 1 aromatic carbocycles. The molecule has 0 atom stereocenters. The summed E-state index contributed by atoms with van der Waals surface area (Å²) in [7, 11) is 1.49. The van der Waals surface area contributed by atoms with Crippen LogP contribution in [0, 0.1) is 11.8 Å². The fraction of sp³-hybridized carbons (Fsp3) is 0.536. The van der Waals surface area contributed by atoms with E-state index >= 15 is 0 Å². The van der Waals surface area contributed by atoms with E-state index in [0.717, 1.165) is 41.6 Å². The molecule has 1 fully saturated rings. The van der Waals surface area contributed by atoms with E-state index < -0.39 is 0 Å². The molecule has 0 bridgehead atoms. The summed E-state index contributed by atoms with van der Waals surface area (Å²) >= 11 is 1.60. The van der Waals surface area contributed by atoms with Crippen LogP contribution < -0.4 is 4.90 Å². The van der Waals surface area contributed by atoms with E-state index in [1.807, 2.05) is 13.8 Å². The molecule has 0 saturated heterocycles. The van der Waals surface area contributed by atoms with Crippen molar-refractivity contribution in [1.82, 2.24) is 0 Å². The Kier molecular flexibility index (Phi) is 9.40. The molecular formula is C28H39NO2S. The van der Waals surface area contributed by atoms with Crippen LogP contribution in [0.5, 0.6) is 0 Å². The predicted molar refractivity (Wildman–Crippen MR) is 138 cm³/mol. The average molecular weight is 454 g/mol. The van der Waals surface area contributed by atoms with Crippen LogP contribution in [0.2, 0.25) is 0 Å². The van der Waals surface area contributed by atoms with Crippen molar-refractivity contribution in [3.05, 3.63) is 52.2 Å². The maximum absolute atomic E-state index is 12.7. The van der Waals surface area contributed by atoms with Gasteiger partial charge in [0.15, 0.2) is 0 Å². The zero-order valence-corrected chi connectivity index (χ0v) is 21.0. The molecule has 4 rings (SSSR count). The van der Waals surface area contributed by atoms with E-state index in [0.29, 0.717) is 5.92 Å². The van der Waals surface area contributed by atoms with E-state index in [-0.39, 0.29) is 5.97 Å². The van der Waals surface area contributed by atoms with Gasteiger partial charge in [0.2, 0.25) is 0 Å². The molecule has 0 aliphatic heterocycles. The van der Waals surface area contributed by atoms with Crippen LogP contribution in [0.4, 0.5) is 11.4 Å². The highest BCUT2D eigenvalue weighted by molar-refractivity contribution is 7.15. The van der Waals surface area contributed by atoms with Gasteiger partial charge in [-0.1, -0.05) is 57.9 Å². The summed E-state index contributed by atoms with van der Waals surface area (Å²) in [6.07, 6.45) is 12.2. The van der Waals surface area contributed by atoms with Gasteiger partial charge >= 0.3 is 5.97 Å². The van der Waals surface area contributed by atoms with E-state index in [9.17, 15) is 4.79 Å². The molecule has 0 amide bonds. The highest BCUT2D eigenvalue weighted by Crippen LogP contribution is 2.42. The third-order valence-corrected chi connectivity index (χ3v) is 7.81. The van der Waals surface area contributed by atoms with E-state index in [1.54, 1.807) is 11.3 Å². The third-order valence-electron chi connectivity index (χ3n) is 6.63. The number of anilines is 2. The number of para-hydroxylation sites is 1. The van der Waals surface area contributed by atoms with E-state index in [1.165, 1.54) is 56.1 Å². The van der Waals surface area contributed by atoms with Gasteiger partial charge in [-0.05, 0) is 74.1 Å². The summed E-state index contributed by atoms with van der Waals surface area (Å²) < 4.78 is 5.19. The van der Waals surface area contributed by atoms with Crippen molar-refractivity contribution in [3.8, 4) is 0 Å². The van der Waals surface area contributed by atoms with Gasteiger partial charge in [0.25, 0.3) is 0 Å². The Labute approximate surface area is 198 Å². The van der Waals surface area contributed by atoms with Crippen molar-refractivity contribution in [2.45, 2.75) is 72.1 Å². The first-order chi connectivity index (χ1) is 15.7. The van der Waals surface area contributed by atoms with E-state index in [4.69, 9.17) is 4.74 Å². The first kappa shape index (κ1) is 24.6. The number of benzene rings is 1. The van der Waals surface area contributed by atoms with Crippen molar-refractivity contribution >= 4 is 34.3 Å². The van der Waals surface area contributed by atoms with Gasteiger partial charge in [-0.3, -0.25) is 0 Å². The molecule has 0 spiro atoms. The van der Waals surface area contributed by atoms with Crippen LogP contribution in [0.15, 0.2) is 42.5 Å². The van der Waals surface area contributed by atoms with Gasteiger partial charge in [0.05, 0.1) is 12.8 Å². The summed E-state index contributed by atoms with van der Waals surface area (Å²) in [6.45, 7) is 7.32. The Hall–Kier alpha value is -2.07. The van der Waals surface area contributed by atoms with Crippen molar-refractivity contribution in [3.63, 3.8) is 0 Å². The summed E-state index contributed by atoms with van der Waals surface area (Å²) in [5.41, 5.74) is 3.56. The van der Waals surface area contributed by atoms with Crippen molar-refractivity contribution in [2.24, 2.45) is 11.8 Å². The van der Waals surface area contributed by atoms with Gasteiger partial charge in [0, 0.05) is 17.1 Å². The van der Waals surface area contributed by atoms with E-state index in [2.05, 4.69) is 54.3 Å².